The fraction of sp³-hybridized carbons (Fsp3) is 0.400. The quantitative estimate of drug-likeness (QED) is 0.726. The predicted molar refractivity (Wildman–Crippen MR) is 56.7 cm³/mol. The fourth-order valence-corrected chi connectivity index (χ4v) is 1.53. The summed E-state index contributed by atoms with van der Waals surface area (Å²) < 4.78 is 4.53. The Morgan fingerprint density at radius 1 is 1.47 bits per heavy atom. The Hall–Kier alpha value is -2.18. The van der Waals surface area contributed by atoms with Crippen LogP contribution in [-0.2, 0) is 9.53 Å². The van der Waals surface area contributed by atoms with Gasteiger partial charge in [-0.25, -0.2) is 9.78 Å². The number of methoxy groups -OCH3 is 1. The molecule has 0 bridgehead atoms. The van der Waals surface area contributed by atoms with Crippen molar-refractivity contribution < 1.29 is 19.4 Å². The van der Waals surface area contributed by atoms with Crippen molar-refractivity contribution in [1.82, 2.24) is 9.97 Å². The Bertz CT molecular complexity index is 457. The lowest BCUT2D eigenvalue weighted by atomic mass is 10.0. The number of hydrogen-bond donors (Lipinski definition) is 1. The van der Waals surface area contributed by atoms with Crippen LogP contribution in [-0.4, -0.2) is 47.2 Å². The molecule has 7 heteroatoms. The largest absolute Gasteiger partial charge is 0.481 e. The molecule has 2 rings (SSSR count). The van der Waals surface area contributed by atoms with Crippen LogP contribution in [0.25, 0.3) is 0 Å². The third-order valence-electron chi connectivity index (χ3n) is 2.57. The van der Waals surface area contributed by atoms with E-state index in [-0.39, 0.29) is 11.6 Å². The molecule has 0 atom stereocenters. The predicted octanol–water partition coefficient (Wildman–Crippen LogP) is -0.216. The summed E-state index contributed by atoms with van der Waals surface area (Å²) in [6.45, 7) is 0.767. The summed E-state index contributed by atoms with van der Waals surface area (Å²) in [5.74, 6) is -1.27. The summed E-state index contributed by atoms with van der Waals surface area (Å²) in [4.78, 5) is 31.6. The molecule has 0 unspecified atom stereocenters. The second kappa shape index (κ2) is 4.36. The third-order valence-corrected chi connectivity index (χ3v) is 2.57. The van der Waals surface area contributed by atoms with Gasteiger partial charge in [-0.3, -0.25) is 9.78 Å². The minimum atomic E-state index is -0.821. The number of esters is 1. The number of carbonyl (C=O) groups excluding carboxylic acids is 1. The van der Waals surface area contributed by atoms with Gasteiger partial charge in [0.1, 0.15) is 5.82 Å². The average Bonchev–Trinajstić information content (AvgIpc) is 2.26. The summed E-state index contributed by atoms with van der Waals surface area (Å²) >= 11 is 0. The molecule has 90 valence electrons. The van der Waals surface area contributed by atoms with E-state index >= 15 is 0 Å². The summed E-state index contributed by atoms with van der Waals surface area (Å²) in [5, 5.41) is 8.74. The molecule has 2 heterocycles. The van der Waals surface area contributed by atoms with Gasteiger partial charge in [0.15, 0.2) is 5.69 Å². The molecule has 7 nitrogen and oxygen atoms in total. The summed E-state index contributed by atoms with van der Waals surface area (Å²) in [7, 11) is 1.26. The van der Waals surface area contributed by atoms with Crippen LogP contribution in [0.5, 0.6) is 0 Å². The molecule has 0 saturated carbocycles. The van der Waals surface area contributed by atoms with Crippen molar-refractivity contribution in [2.45, 2.75) is 0 Å². The molecule has 1 aromatic heterocycles. The van der Waals surface area contributed by atoms with Gasteiger partial charge in [-0.1, -0.05) is 0 Å². The van der Waals surface area contributed by atoms with E-state index in [9.17, 15) is 9.59 Å². The number of aromatic nitrogens is 2. The molecule has 17 heavy (non-hydrogen) atoms. The maximum absolute atomic E-state index is 11.2. The highest BCUT2D eigenvalue weighted by Gasteiger charge is 2.33. The molecule has 0 spiro atoms. The van der Waals surface area contributed by atoms with Crippen LogP contribution in [0.4, 0.5) is 5.82 Å². The Morgan fingerprint density at radius 2 is 2.18 bits per heavy atom. The van der Waals surface area contributed by atoms with E-state index in [4.69, 9.17) is 5.11 Å². The van der Waals surface area contributed by atoms with Gasteiger partial charge < -0.3 is 14.7 Å². The van der Waals surface area contributed by atoms with Crippen molar-refractivity contribution in [3.05, 3.63) is 18.1 Å². The number of anilines is 1. The van der Waals surface area contributed by atoms with Crippen molar-refractivity contribution in [3.63, 3.8) is 0 Å². The molecule has 1 aliphatic rings. The maximum atomic E-state index is 11.2. The maximum Gasteiger partial charge on any atom is 0.358 e. The topological polar surface area (TPSA) is 92.6 Å². The van der Waals surface area contributed by atoms with Crippen molar-refractivity contribution in [2.75, 3.05) is 25.1 Å². The van der Waals surface area contributed by atoms with Crippen LogP contribution in [0, 0.1) is 5.92 Å². The van der Waals surface area contributed by atoms with E-state index in [1.165, 1.54) is 19.5 Å². The smallest absolute Gasteiger partial charge is 0.358 e. The molecular formula is C10H11N3O4. The minimum absolute atomic E-state index is 0.115. The van der Waals surface area contributed by atoms with Gasteiger partial charge in [0, 0.05) is 13.1 Å². The highest BCUT2D eigenvalue weighted by Crippen LogP contribution is 2.22. The van der Waals surface area contributed by atoms with E-state index in [1.807, 2.05) is 0 Å². The van der Waals surface area contributed by atoms with Crippen LogP contribution in [0.2, 0.25) is 0 Å². The Morgan fingerprint density at radius 3 is 2.76 bits per heavy atom. The molecule has 0 aliphatic carbocycles. The first-order chi connectivity index (χ1) is 8.11. The zero-order valence-corrected chi connectivity index (χ0v) is 9.16. The zero-order chi connectivity index (χ0) is 12.4. The van der Waals surface area contributed by atoms with Gasteiger partial charge in [-0.15, -0.1) is 0 Å². The van der Waals surface area contributed by atoms with E-state index in [2.05, 4.69) is 14.7 Å². The molecule has 0 aromatic carbocycles. The number of carbonyl (C=O) groups is 2. The zero-order valence-electron chi connectivity index (χ0n) is 9.16. The molecule has 1 aromatic rings. The molecule has 0 amide bonds. The number of hydrogen-bond acceptors (Lipinski definition) is 6. The monoisotopic (exact) mass is 237 g/mol. The first kappa shape index (κ1) is 11.3. The molecular weight excluding hydrogens is 226 g/mol. The van der Waals surface area contributed by atoms with E-state index in [1.54, 1.807) is 4.90 Å². The number of nitrogens with zero attached hydrogens (tertiary/aromatic N) is 3. The van der Waals surface area contributed by atoms with Gasteiger partial charge in [0.05, 0.1) is 25.4 Å². The first-order valence-electron chi connectivity index (χ1n) is 5.00. The fourth-order valence-electron chi connectivity index (χ4n) is 1.53. The highest BCUT2D eigenvalue weighted by molar-refractivity contribution is 5.87. The van der Waals surface area contributed by atoms with Crippen molar-refractivity contribution in [3.8, 4) is 0 Å². The van der Waals surface area contributed by atoms with E-state index < -0.39 is 11.9 Å². The standard InChI is InChI=1S/C10H11N3O4/c1-17-10(16)7-2-11-3-8(12-7)13-4-6(5-13)9(14)15/h2-3,6H,4-5H2,1H3,(H,14,15). The lowest BCUT2D eigenvalue weighted by Crippen LogP contribution is -2.50. The van der Waals surface area contributed by atoms with Crippen LogP contribution in [0.3, 0.4) is 0 Å². The van der Waals surface area contributed by atoms with Crippen molar-refractivity contribution in [2.24, 2.45) is 5.92 Å². The molecule has 1 N–H and O–H groups in total. The lowest BCUT2D eigenvalue weighted by molar-refractivity contribution is -0.142. The molecule has 1 aliphatic heterocycles. The van der Waals surface area contributed by atoms with Gasteiger partial charge >= 0.3 is 11.9 Å². The van der Waals surface area contributed by atoms with Crippen molar-refractivity contribution >= 4 is 17.8 Å². The molecule has 0 radical (unpaired) electrons. The first-order valence-corrected chi connectivity index (χ1v) is 5.00. The minimum Gasteiger partial charge on any atom is -0.481 e. The number of rotatable bonds is 3. The van der Waals surface area contributed by atoms with Gasteiger partial charge in [-0.2, -0.15) is 0 Å². The van der Waals surface area contributed by atoms with E-state index in [0.29, 0.717) is 18.9 Å². The number of aliphatic carboxylic acids is 1. The lowest BCUT2D eigenvalue weighted by Gasteiger charge is -2.37. The van der Waals surface area contributed by atoms with Gasteiger partial charge in [0.2, 0.25) is 0 Å². The van der Waals surface area contributed by atoms with Crippen LogP contribution in [0.1, 0.15) is 10.5 Å². The van der Waals surface area contributed by atoms with Crippen molar-refractivity contribution in [1.29, 1.82) is 0 Å². The SMILES string of the molecule is COC(=O)c1cncc(N2CC(C(=O)O)C2)n1. The van der Waals surface area contributed by atoms with E-state index in [0.717, 1.165) is 0 Å². The number of carboxylic acid groups (broad SMARTS) is 1. The van der Waals surface area contributed by atoms with Crippen LogP contribution in [0.15, 0.2) is 12.4 Å². The summed E-state index contributed by atoms with van der Waals surface area (Å²) in [6.07, 6.45) is 2.80. The summed E-state index contributed by atoms with van der Waals surface area (Å²) in [5.41, 5.74) is 0.115. The Balaban J connectivity index is 2.08. The second-order valence-electron chi connectivity index (χ2n) is 3.69. The third kappa shape index (κ3) is 2.17. The summed E-state index contributed by atoms with van der Waals surface area (Å²) in [6, 6.07) is 0. The number of ether oxygens (including phenoxy) is 1. The van der Waals surface area contributed by atoms with Crippen LogP contribution >= 0.6 is 0 Å². The van der Waals surface area contributed by atoms with Gasteiger partial charge in [-0.05, 0) is 0 Å². The Labute approximate surface area is 97.0 Å². The molecule has 1 saturated heterocycles. The average molecular weight is 237 g/mol. The highest BCUT2D eigenvalue weighted by atomic mass is 16.5. The normalized spacial score (nSPS) is 15.2. The van der Waals surface area contributed by atoms with Gasteiger partial charge in [0.25, 0.3) is 0 Å². The number of carboxylic acids is 1. The molecule has 1 fully saturated rings. The second-order valence-corrected chi connectivity index (χ2v) is 3.69. The Kier molecular flexibility index (Phi) is 2.90. The van der Waals surface area contributed by atoms with Crippen LogP contribution < -0.4 is 4.90 Å².